The van der Waals surface area contributed by atoms with Gasteiger partial charge in [-0.1, -0.05) is 24.3 Å². The molecular weight excluding hydrogens is 246 g/mol. The molecule has 0 saturated carbocycles. The van der Waals surface area contributed by atoms with Crippen LogP contribution in [0.4, 0.5) is 0 Å². The molecule has 2 unspecified atom stereocenters. The van der Waals surface area contributed by atoms with Crippen LogP contribution < -0.4 is 5.32 Å². The van der Waals surface area contributed by atoms with E-state index in [1.807, 2.05) is 24.3 Å². The molecule has 5 heteroatoms. The predicted octanol–water partition coefficient (Wildman–Crippen LogP) is 0.758. The second-order valence-corrected chi connectivity index (χ2v) is 4.84. The normalized spacial score (nSPS) is 23.2. The minimum Gasteiger partial charge on any atom is -0.481 e. The van der Waals surface area contributed by atoms with Gasteiger partial charge in [0.1, 0.15) is 0 Å². The molecule has 5 nitrogen and oxygen atoms in total. The molecule has 1 aliphatic rings. The number of hydrogen-bond acceptors (Lipinski definition) is 4. The van der Waals surface area contributed by atoms with Crippen LogP contribution in [-0.4, -0.2) is 35.4 Å². The minimum atomic E-state index is -0.770. The van der Waals surface area contributed by atoms with Crippen LogP contribution in [0.3, 0.4) is 0 Å². The second-order valence-electron chi connectivity index (χ2n) is 4.84. The Morgan fingerprint density at radius 2 is 1.95 bits per heavy atom. The van der Waals surface area contributed by atoms with Crippen LogP contribution in [-0.2, 0) is 22.7 Å². The quantitative estimate of drug-likeness (QED) is 0.732. The van der Waals surface area contributed by atoms with Crippen LogP contribution in [0, 0.1) is 5.92 Å². The highest BCUT2D eigenvalue weighted by Gasteiger charge is 2.27. The van der Waals surface area contributed by atoms with Gasteiger partial charge in [0, 0.05) is 13.1 Å². The molecule has 3 N–H and O–H groups in total. The Morgan fingerprint density at radius 3 is 2.58 bits per heavy atom. The van der Waals surface area contributed by atoms with Crippen molar-refractivity contribution in [2.75, 3.05) is 13.1 Å². The van der Waals surface area contributed by atoms with Gasteiger partial charge < -0.3 is 20.3 Å². The van der Waals surface area contributed by atoms with Crippen LogP contribution in [0.15, 0.2) is 24.3 Å². The molecule has 0 amide bonds. The molecule has 104 valence electrons. The van der Waals surface area contributed by atoms with Gasteiger partial charge in [0.05, 0.1) is 25.2 Å². The van der Waals surface area contributed by atoms with Crippen LogP contribution in [0.25, 0.3) is 0 Å². The maximum absolute atomic E-state index is 10.9. The fourth-order valence-corrected chi connectivity index (χ4v) is 2.17. The van der Waals surface area contributed by atoms with E-state index in [0.29, 0.717) is 26.1 Å². The Morgan fingerprint density at radius 1 is 1.26 bits per heavy atom. The first-order chi connectivity index (χ1) is 9.19. The molecule has 1 aromatic carbocycles. The van der Waals surface area contributed by atoms with Gasteiger partial charge in [-0.05, 0) is 17.5 Å². The summed E-state index contributed by atoms with van der Waals surface area (Å²) in [5.74, 6) is -1.14. The van der Waals surface area contributed by atoms with E-state index in [-0.39, 0.29) is 18.6 Å². The van der Waals surface area contributed by atoms with Crippen LogP contribution >= 0.6 is 0 Å². The highest BCUT2D eigenvalue weighted by atomic mass is 16.5. The van der Waals surface area contributed by atoms with Crippen molar-refractivity contribution < 1.29 is 19.7 Å². The molecule has 0 spiro atoms. The molecule has 1 heterocycles. The third kappa shape index (κ3) is 4.02. The number of hydrogen-bond donors (Lipinski definition) is 3. The summed E-state index contributed by atoms with van der Waals surface area (Å²) in [7, 11) is 0. The monoisotopic (exact) mass is 265 g/mol. The van der Waals surface area contributed by atoms with E-state index in [9.17, 15) is 4.79 Å². The highest BCUT2D eigenvalue weighted by Crippen LogP contribution is 2.15. The lowest BCUT2D eigenvalue weighted by Crippen LogP contribution is -2.43. The van der Waals surface area contributed by atoms with Crippen molar-refractivity contribution in [1.82, 2.24) is 5.32 Å². The smallest absolute Gasteiger partial charge is 0.307 e. The number of ether oxygens (including phenoxy) is 1. The topological polar surface area (TPSA) is 78.8 Å². The van der Waals surface area contributed by atoms with Crippen LogP contribution in [0.5, 0.6) is 0 Å². The van der Waals surface area contributed by atoms with E-state index in [2.05, 4.69) is 5.32 Å². The van der Waals surface area contributed by atoms with Crippen molar-refractivity contribution in [2.24, 2.45) is 5.92 Å². The summed E-state index contributed by atoms with van der Waals surface area (Å²) < 4.78 is 5.73. The number of carbonyl (C=O) groups is 1. The summed E-state index contributed by atoms with van der Waals surface area (Å²) in [5, 5.41) is 21.0. The van der Waals surface area contributed by atoms with E-state index < -0.39 is 5.97 Å². The number of carboxylic acid groups (broad SMARTS) is 1. The van der Waals surface area contributed by atoms with Gasteiger partial charge in [-0.25, -0.2) is 0 Å². The Kier molecular flexibility index (Phi) is 4.90. The number of carboxylic acids is 1. The van der Waals surface area contributed by atoms with Crippen molar-refractivity contribution in [3.8, 4) is 0 Å². The van der Waals surface area contributed by atoms with Gasteiger partial charge in [-0.15, -0.1) is 0 Å². The number of aliphatic carboxylic acids is 1. The van der Waals surface area contributed by atoms with Gasteiger partial charge in [-0.2, -0.15) is 0 Å². The molecule has 0 aliphatic carbocycles. The molecule has 2 atom stereocenters. The van der Waals surface area contributed by atoms with E-state index in [0.717, 1.165) is 11.1 Å². The standard InChI is InChI=1S/C14H19NO4/c16-8-10-1-3-11(4-2-10)9-19-13-5-12(14(17)18)6-15-7-13/h1-4,12-13,15-16H,5-9H2,(H,17,18). The average molecular weight is 265 g/mol. The third-order valence-electron chi connectivity index (χ3n) is 3.35. The maximum atomic E-state index is 10.9. The Bertz CT molecular complexity index is 418. The Labute approximate surface area is 112 Å². The molecule has 0 aromatic heterocycles. The summed E-state index contributed by atoms with van der Waals surface area (Å²) in [6.45, 7) is 1.71. The first kappa shape index (κ1) is 14.0. The molecule has 0 bridgehead atoms. The van der Waals surface area contributed by atoms with E-state index >= 15 is 0 Å². The lowest BCUT2D eigenvalue weighted by atomic mass is 9.98. The molecular formula is C14H19NO4. The molecule has 0 radical (unpaired) electrons. The maximum Gasteiger partial charge on any atom is 0.307 e. The third-order valence-corrected chi connectivity index (χ3v) is 3.35. The molecule has 2 rings (SSSR count). The summed E-state index contributed by atoms with van der Waals surface area (Å²) in [6.07, 6.45) is 0.490. The van der Waals surface area contributed by atoms with E-state index in [1.54, 1.807) is 0 Å². The van der Waals surface area contributed by atoms with E-state index in [1.165, 1.54) is 0 Å². The zero-order valence-corrected chi connectivity index (χ0v) is 10.7. The SMILES string of the molecule is O=C(O)C1CNCC(OCc2ccc(CO)cc2)C1. The minimum absolute atomic E-state index is 0.0357. The second kappa shape index (κ2) is 6.65. The number of benzene rings is 1. The van der Waals surface area contributed by atoms with Gasteiger partial charge in [-0.3, -0.25) is 4.79 Å². The summed E-state index contributed by atoms with van der Waals surface area (Å²) in [5.41, 5.74) is 1.89. The lowest BCUT2D eigenvalue weighted by Gasteiger charge is -2.27. The fourth-order valence-electron chi connectivity index (χ4n) is 2.17. The zero-order chi connectivity index (χ0) is 13.7. The van der Waals surface area contributed by atoms with Gasteiger partial charge >= 0.3 is 5.97 Å². The predicted molar refractivity (Wildman–Crippen MR) is 69.6 cm³/mol. The van der Waals surface area contributed by atoms with Crippen molar-refractivity contribution in [2.45, 2.75) is 25.7 Å². The molecule has 1 aliphatic heterocycles. The number of aliphatic hydroxyl groups is 1. The molecule has 1 saturated heterocycles. The fraction of sp³-hybridized carbons (Fsp3) is 0.500. The highest BCUT2D eigenvalue weighted by molar-refractivity contribution is 5.70. The number of nitrogens with one attached hydrogen (secondary N) is 1. The van der Waals surface area contributed by atoms with Gasteiger partial charge in [0.2, 0.25) is 0 Å². The zero-order valence-electron chi connectivity index (χ0n) is 10.7. The van der Waals surface area contributed by atoms with E-state index in [4.69, 9.17) is 14.9 Å². The Balaban J connectivity index is 1.82. The molecule has 19 heavy (non-hydrogen) atoms. The molecule has 1 aromatic rings. The van der Waals surface area contributed by atoms with Crippen molar-refractivity contribution in [3.05, 3.63) is 35.4 Å². The number of piperidine rings is 1. The summed E-state index contributed by atoms with van der Waals surface area (Å²) >= 11 is 0. The lowest BCUT2D eigenvalue weighted by molar-refractivity contribution is -0.144. The van der Waals surface area contributed by atoms with Crippen molar-refractivity contribution in [3.63, 3.8) is 0 Å². The number of rotatable bonds is 5. The van der Waals surface area contributed by atoms with Crippen LogP contribution in [0.2, 0.25) is 0 Å². The first-order valence-corrected chi connectivity index (χ1v) is 6.43. The van der Waals surface area contributed by atoms with Gasteiger partial charge in [0.25, 0.3) is 0 Å². The summed E-state index contributed by atoms with van der Waals surface area (Å²) in [6, 6.07) is 7.54. The average Bonchev–Trinajstić information content (AvgIpc) is 2.46. The largest absolute Gasteiger partial charge is 0.481 e. The number of aliphatic hydroxyl groups excluding tert-OH is 1. The Hall–Kier alpha value is -1.43. The molecule has 1 fully saturated rings. The van der Waals surface area contributed by atoms with Crippen molar-refractivity contribution in [1.29, 1.82) is 0 Å². The van der Waals surface area contributed by atoms with Crippen LogP contribution in [0.1, 0.15) is 17.5 Å². The summed E-state index contributed by atoms with van der Waals surface area (Å²) in [4.78, 5) is 10.9. The van der Waals surface area contributed by atoms with Gasteiger partial charge in [0.15, 0.2) is 0 Å². The van der Waals surface area contributed by atoms with Crippen molar-refractivity contribution >= 4 is 5.97 Å². The first-order valence-electron chi connectivity index (χ1n) is 6.43.